The number of nitrogen functional groups attached to an aromatic ring is 1. The summed E-state index contributed by atoms with van der Waals surface area (Å²) in [6.45, 7) is 0. The van der Waals surface area contributed by atoms with Crippen molar-refractivity contribution < 1.29 is 0 Å². The Hall–Kier alpha value is -4.08. The second kappa shape index (κ2) is 6.96. The fourth-order valence-corrected chi connectivity index (χ4v) is 6.14. The van der Waals surface area contributed by atoms with E-state index < -0.39 is 0 Å². The van der Waals surface area contributed by atoms with Crippen molar-refractivity contribution in [1.29, 1.82) is 0 Å². The Balaban J connectivity index is 1.55. The van der Waals surface area contributed by atoms with Gasteiger partial charge in [0.05, 0.1) is 16.7 Å². The van der Waals surface area contributed by atoms with Crippen LogP contribution in [-0.2, 0) is 0 Å². The van der Waals surface area contributed by atoms with E-state index in [0.29, 0.717) is 0 Å². The van der Waals surface area contributed by atoms with Crippen LogP contribution in [-0.4, -0.2) is 4.57 Å². The quantitative estimate of drug-likeness (QED) is 0.269. The molecule has 5 aromatic carbocycles. The SMILES string of the molecule is Nc1ccc2c3ccccc3n(-c3ccccc3-c3ccc4sc5ccccc5c4c3)c2c1. The molecule has 0 amide bonds. The van der Waals surface area contributed by atoms with Gasteiger partial charge in [-0.15, -0.1) is 11.3 Å². The highest BCUT2D eigenvalue weighted by molar-refractivity contribution is 7.25. The van der Waals surface area contributed by atoms with E-state index in [1.54, 1.807) is 0 Å². The van der Waals surface area contributed by atoms with Crippen molar-refractivity contribution in [3.05, 3.63) is 109 Å². The van der Waals surface area contributed by atoms with Crippen LogP contribution in [0.25, 0.3) is 58.8 Å². The number of para-hydroxylation sites is 2. The van der Waals surface area contributed by atoms with E-state index in [1.807, 2.05) is 17.4 Å². The first-order valence-electron chi connectivity index (χ1n) is 11.1. The summed E-state index contributed by atoms with van der Waals surface area (Å²) in [6.07, 6.45) is 0. The normalized spacial score (nSPS) is 11.8. The zero-order valence-corrected chi connectivity index (χ0v) is 18.6. The summed E-state index contributed by atoms with van der Waals surface area (Å²) < 4.78 is 5.00. The maximum atomic E-state index is 6.23. The van der Waals surface area contributed by atoms with Crippen LogP contribution in [0.2, 0.25) is 0 Å². The van der Waals surface area contributed by atoms with Crippen LogP contribution in [0.5, 0.6) is 0 Å². The lowest BCUT2D eigenvalue weighted by molar-refractivity contribution is 1.18. The molecule has 0 saturated carbocycles. The Bertz CT molecular complexity index is 1840. The average Bonchev–Trinajstić information content (AvgIpc) is 3.39. The van der Waals surface area contributed by atoms with Gasteiger partial charge >= 0.3 is 0 Å². The zero-order chi connectivity index (χ0) is 21.9. The predicted molar refractivity (Wildman–Crippen MR) is 144 cm³/mol. The number of benzene rings is 5. The summed E-state index contributed by atoms with van der Waals surface area (Å²) in [5, 5.41) is 5.09. The number of hydrogen-bond donors (Lipinski definition) is 1. The fraction of sp³-hybridized carbons (Fsp3) is 0. The highest BCUT2D eigenvalue weighted by atomic mass is 32.1. The molecule has 0 atom stereocenters. The molecule has 0 fully saturated rings. The Labute approximate surface area is 195 Å². The molecule has 2 nitrogen and oxygen atoms in total. The van der Waals surface area contributed by atoms with E-state index in [-0.39, 0.29) is 0 Å². The molecule has 0 spiro atoms. The van der Waals surface area contributed by atoms with Crippen molar-refractivity contribution in [3.63, 3.8) is 0 Å². The van der Waals surface area contributed by atoms with Gasteiger partial charge in [-0.3, -0.25) is 0 Å². The molecule has 0 aliphatic heterocycles. The molecule has 33 heavy (non-hydrogen) atoms. The third-order valence-corrected chi connectivity index (χ3v) is 7.68. The van der Waals surface area contributed by atoms with Crippen molar-refractivity contribution in [1.82, 2.24) is 4.57 Å². The van der Waals surface area contributed by atoms with Gasteiger partial charge in [0.2, 0.25) is 0 Å². The summed E-state index contributed by atoms with van der Waals surface area (Å²) in [7, 11) is 0. The van der Waals surface area contributed by atoms with Gasteiger partial charge in [0.1, 0.15) is 0 Å². The molecule has 156 valence electrons. The average molecular weight is 441 g/mol. The monoisotopic (exact) mass is 440 g/mol. The largest absolute Gasteiger partial charge is 0.399 e. The van der Waals surface area contributed by atoms with Gasteiger partial charge in [-0.1, -0.05) is 66.7 Å². The first-order valence-corrected chi connectivity index (χ1v) is 11.9. The Morgan fingerprint density at radius 3 is 2.21 bits per heavy atom. The summed E-state index contributed by atoms with van der Waals surface area (Å²) in [6, 6.07) is 39.0. The standard InChI is InChI=1S/C30H20N2S/c31-20-14-15-23-22-8-2-5-11-27(22)32(28(23)18-20)26-10-4-1-7-21(26)19-13-16-30-25(17-19)24-9-3-6-12-29(24)33-30/h1-18H,31H2. The first-order chi connectivity index (χ1) is 16.3. The van der Waals surface area contributed by atoms with Crippen LogP contribution in [0.1, 0.15) is 0 Å². The van der Waals surface area contributed by atoms with E-state index in [2.05, 4.69) is 108 Å². The lowest BCUT2D eigenvalue weighted by atomic mass is 10.0. The molecule has 0 aliphatic rings. The maximum Gasteiger partial charge on any atom is 0.0561 e. The molecule has 2 aromatic heterocycles. The lowest BCUT2D eigenvalue weighted by Crippen LogP contribution is -1.97. The van der Waals surface area contributed by atoms with Gasteiger partial charge in [0, 0.05) is 42.2 Å². The number of aromatic nitrogens is 1. The van der Waals surface area contributed by atoms with Gasteiger partial charge in [-0.05, 0) is 48.0 Å². The van der Waals surface area contributed by atoms with Crippen LogP contribution in [0.4, 0.5) is 5.69 Å². The highest BCUT2D eigenvalue weighted by Crippen LogP contribution is 2.40. The molecule has 7 aromatic rings. The molecule has 2 N–H and O–H groups in total. The number of fused-ring (bicyclic) bond motifs is 6. The second-order valence-corrected chi connectivity index (χ2v) is 9.54. The third kappa shape index (κ3) is 2.73. The molecule has 0 saturated heterocycles. The summed E-state index contributed by atoms with van der Waals surface area (Å²) >= 11 is 1.85. The number of nitrogens with zero attached hydrogens (tertiary/aromatic N) is 1. The molecule has 7 rings (SSSR count). The lowest BCUT2D eigenvalue weighted by Gasteiger charge is -2.14. The number of rotatable bonds is 2. The van der Waals surface area contributed by atoms with Gasteiger partial charge in [-0.25, -0.2) is 0 Å². The first kappa shape index (κ1) is 18.5. The third-order valence-electron chi connectivity index (χ3n) is 6.53. The summed E-state index contributed by atoms with van der Waals surface area (Å²) in [5.41, 5.74) is 12.9. The van der Waals surface area contributed by atoms with Crippen molar-refractivity contribution in [2.45, 2.75) is 0 Å². The van der Waals surface area contributed by atoms with E-state index in [0.717, 1.165) is 16.9 Å². The smallest absolute Gasteiger partial charge is 0.0561 e. The minimum absolute atomic E-state index is 0.773. The van der Waals surface area contributed by atoms with Gasteiger partial charge < -0.3 is 10.3 Å². The van der Waals surface area contributed by atoms with Crippen LogP contribution >= 0.6 is 11.3 Å². The molecule has 0 unspecified atom stereocenters. The summed E-state index contributed by atoms with van der Waals surface area (Å²) in [4.78, 5) is 0. The number of anilines is 1. The second-order valence-electron chi connectivity index (χ2n) is 8.46. The molecular formula is C30H20N2S. The number of nitrogens with two attached hydrogens (primary N) is 1. The van der Waals surface area contributed by atoms with Crippen LogP contribution in [0.3, 0.4) is 0 Å². The van der Waals surface area contributed by atoms with E-state index >= 15 is 0 Å². The van der Waals surface area contributed by atoms with Gasteiger partial charge in [0.15, 0.2) is 0 Å². The Kier molecular flexibility index (Phi) is 3.90. The van der Waals surface area contributed by atoms with Crippen LogP contribution in [0, 0.1) is 0 Å². The molecule has 0 radical (unpaired) electrons. The van der Waals surface area contributed by atoms with Gasteiger partial charge in [0.25, 0.3) is 0 Å². The Morgan fingerprint density at radius 2 is 1.27 bits per heavy atom. The summed E-state index contributed by atoms with van der Waals surface area (Å²) in [5.74, 6) is 0. The predicted octanol–water partition coefficient (Wildman–Crippen LogP) is 8.40. The van der Waals surface area contributed by atoms with E-state index in [4.69, 9.17) is 5.73 Å². The molecule has 3 heteroatoms. The minimum atomic E-state index is 0.773. The minimum Gasteiger partial charge on any atom is -0.399 e. The van der Waals surface area contributed by atoms with Crippen molar-refractivity contribution in [2.24, 2.45) is 0 Å². The van der Waals surface area contributed by atoms with Gasteiger partial charge in [-0.2, -0.15) is 0 Å². The van der Waals surface area contributed by atoms with Crippen molar-refractivity contribution in [2.75, 3.05) is 5.73 Å². The highest BCUT2D eigenvalue weighted by Gasteiger charge is 2.16. The Morgan fingerprint density at radius 1 is 0.545 bits per heavy atom. The van der Waals surface area contributed by atoms with Crippen LogP contribution in [0.15, 0.2) is 109 Å². The van der Waals surface area contributed by atoms with Crippen molar-refractivity contribution in [3.8, 4) is 16.8 Å². The zero-order valence-electron chi connectivity index (χ0n) is 17.8. The van der Waals surface area contributed by atoms with Crippen molar-refractivity contribution >= 4 is 59.0 Å². The van der Waals surface area contributed by atoms with E-state index in [9.17, 15) is 0 Å². The maximum absolute atomic E-state index is 6.23. The molecule has 0 aliphatic carbocycles. The van der Waals surface area contributed by atoms with Crippen LogP contribution < -0.4 is 5.73 Å². The molecule has 2 heterocycles. The number of thiophene rings is 1. The topological polar surface area (TPSA) is 30.9 Å². The fourth-order valence-electron chi connectivity index (χ4n) is 5.05. The molecule has 0 bridgehead atoms. The van der Waals surface area contributed by atoms with E-state index in [1.165, 1.54) is 47.6 Å². The molecular weight excluding hydrogens is 420 g/mol. The number of hydrogen-bond acceptors (Lipinski definition) is 2.